The number of halogens is 2. The number of hydrogen-bond acceptors (Lipinski definition) is 1. The quantitative estimate of drug-likeness (QED) is 0.718. The molecule has 0 radical (unpaired) electrons. The van der Waals surface area contributed by atoms with Crippen molar-refractivity contribution < 1.29 is 0 Å². The first-order valence-corrected chi connectivity index (χ1v) is 7.08. The summed E-state index contributed by atoms with van der Waals surface area (Å²) in [6, 6.07) is 5.72. The molecule has 0 heterocycles. The van der Waals surface area contributed by atoms with Crippen molar-refractivity contribution in [2.24, 2.45) is 5.92 Å². The van der Waals surface area contributed by atoms with Gasteiger partial charge in [-0.2, -0.15) is 0 Å². The van der Waals surface area contributed by atoms with Crippen LogP contribution in [0.15, 0.2) is 18.2 Å². The molecule has 0 amide bonds. The Bertz CT molecular complexity index is 319. The Labute approximate surface area is 115 Å². The standard InChI is InChI=1S/C14H21Cl2N/c1-3-8-17-10-11(4-2)9-12-13(15)6-5-7-14(12)16/h5-7,11,17H,3-4,8-10H2,1-2H3. The van der Waals surface area contributed by atoms with Gasteiger partial charge in [0.2, 0.25) is 0 Å². The van der Waals surface area contributed by atoms with Crippen LogP contribution in [0.5, 0.6) is 0 Å². The molecule has 1 aromatic carbocycles. The zero-order valence-corrected chi connectivity index (χ0v) is 12.1. The lowest BCUT2D eigenvalue weighted by molar-refractivity contribution is 0.460. The molecule has 96 valence electrons. The molecule has 1 atom stereocenters. The van der Waals surface area contributed by atoms with Gasteiger partial charge in [-0.15, -0.1) is 0 Å². The van der Waals surface area contributed by atoms with Crippen molar-refractivity contribution in [3.8, 4) is 0 Å². The van der Waals surface area contributed by atoms with E-state index < -0.39 is 0 Å². The number of rotatable bonds is 7. The normalized spacial score (nSPS) is 12.7. The Morgan fingerprint density at radius 3 is 2.35 bits per heavy atom. The highest BCUT2D eigenvalue weighted by Crippen LogP contribution is 2.27. The van der Waals surface area contributed by atoms with Crippen molar-refractivity contribution in [3.63, 3.8) is 0 Å². The molecule has 1 rings (SSSR count). The van der Waals surface area contributed by atoms with E-state index in [1.807, 2.05) is 18.2 Å². The van der Waals surface area contributed by atoms with Crippen LogP contribution in [-0.4, -0.2) is 13.1 Å². The summed E-state index contributed by atoms with van der Waals surface area (Å²) in [5.74, 6) is 0.596. The molecule has 1 unspecified atom stereocenters. The molecule has 0 fully saturated rings. The molecule has 0 bridgehead atoms. The fourth-order valence-electron chi connectivity index (χ4n) is 1.86. The lowest BCUT2D eigenvalue weighted by Crippen LogP contribution is -2.24. The van der Waals surface area contributed by atoms with Crippen molar-refractivity contribution in [1.82, 2.24) is 5.32 Å². The average molecular weight is 274 g/mol. The second-order valence-corrected chi connectivity index (χ2v) is 5.20. The van der Waals surface area contributed by atoms with Gasteiger partial charge in [-0.3, -0.25) is 0 Å². The van der Waals surface area contributed by atoms with E-state index in [1.165, 1.54) is 6.42 Å². The first kappa shape index (κ1) is 14.8. The van der Waals surface area contributed by atoms with Gasteiger partial charge in [-0.1, -0.05) is 49.5 Å². The topological polar surface area (TPSA) is 12.0 Å². The van der Waals surface area contributed by atoms with Gasteiger partial charge < -0.3 is 5.32 Å². The maximum Gasteiger partial charge on any atom is 0.0452 e. The minimum Gasteiger partial charge on any atom is -0.316 e. The van der Waals surface area contributed by atoms with Crippen molar-refractivity contribution in [1.29, 1.82) is 0 Å². The maximum atomic E-state index is 6.19. The third-order valence-corrected chi connectivity index (χ3v) is 3.70. The van der Waals surface area contributed by atoms with Crippen LogP contribution >= 0.6 is 23.2 Å². The molecule has 1 aromatic rings. The average Bonchev–Trinajstić information content (AvgIpc) is 2.32. The van der Waals surface area contributed by atoms with E-state index in [9.17, 15) is 0 Å². The summed E-state index contributed by atoms with van der Waals surface area (Å²) in [7, 11) is 0. The highest BCUT2D eigenvalue weighted by Gasteiger charge is 2.12. The van der Waals surface area contributed by atoms with E-state index in [1.54, 1.807) is 0 Å². The number of hydrogen-bond donors (Lipinski definition) is 1. The van der Waals surface area contributed by atoms with Crippen LogP contribution < -0.4 is 5.32 Å². The van der Waals surface area contributed by atoms with Gasteiger partial charge in [0.05, 0.1) is 0 Å². The Hall–Kier alpha value is -0.240. The molecule has 0 saturated heterocycles. The summed E-state index contributed by atoms with van der Waals surface area (Å²) in [5, 5.41) is 5.03. The van der Waals surface area contributed by atoms with E-state index in [2.05, 4.69) is 19.2 Å². The summed E-state index contributed by atoms with van der Waals surface area (Å²) in [6.45, 7) is 6.50. The van der Waals surface area contributed by atoms with Crippen molar-refractivity contribution >= 4 is 23.2 Å². The van der Waals surface area contributed by atoms with E-state index in [0.717, 1.165) is 41.5 Å². The molecule has 0 saturated carbocycles. The second-order valence-electron chi connectivity index (χ2n) is 4.38. The maximum absolute atomic E-state index is 6.19. The third kappa shape index (κ3) is 4.87. The minimum atomic E-state index is 0.596. The van der Waals surface area contributed by atoms with Gasteiger partial charge in [0.1, 0.15) is 0 Å². The Kier molecular flexibility index (Phi) is 6.94. The largest absolute Gasteiger partial charge is 0.316 e. The van der Waals surface area contributed by atoms with Gasteiger partial charge in [-0.25, -0.2) is 0 Å². The fraction of sp³-hybridized carbons (Fsp3) is 0.571. The zero-order valence-electron chi connectivity index (χ0n) is 10.6. The highest BCUT2D eigenvalue weighted by molar-refractivity contribution is 6.35. The summed E-state index contributed by atoms with van der Waals surface area (Å²) in [6.07, 6.45) is 3.26. The Balaban J connectivity index is 2.60. The van der Waals surface area contributed by atoms with Crippen molar-refractivity contribution in [2.75, 3.05) is 13.1 Å². The molecule has 1 N–H and O–H groups in total. The lowest BCUT2D eigenvalue weighted by Gasteiger charge is -2.17. The van der Waals surface area contributed by atoms with E-state index in [4.69, 9.17) is 23.2 Å². The molecule has 0 aliphatic rings. The van der Waals surface area contributed by atoms with Gasteiger partial charge in [0.15, 0.2) is 0 Å². The number of nitrogens with one attached hydrogen (secondary N) is 1. The summed E-state index contributed by atoms with van der Waals surface area (Å²) >= 11 is 12.4. The van der Waals surface area contributed by atoms with Crippen molar-refractivity contribution in [2.45, 2.75) is 33.1 Å². The third-order valence-electron chi connectivity index (χ3n) is 2.99. The zero-order chi connectivity index (χ0) is 12.7. The molecule has 0 aromatic heterocycles. The number of benzene rings is 1. The van der Waals surface area contributed by atoms with Crippen LogP contribution in [0.2, 0.25) is 10.0 Å². The fourth-order valence-corrected chi connectivity index (χ4v) is 2.41. The van der Waals surface area contributed by atoms with Crippen LogP contribution in [0, 0.1) is 5.92 Å². The summed E-state index contributed by atoms with van der Waals surface area (Å²) < 4.78 is 0. The van der Waals surface area contributed by atoms with E-state index >= 15 is 0 Å². The molecule has 1 nitrogen and oxygen atoms in total. The van der Waals surface area contributed by atoms with Gasteiger partial charge in [-0.05, 0) is 49.5 Å². The predicted octanol–water partition coefficient (Wildman–Crippen LogP) is 4.56. The first-order chi connectivity index (χ1) is 8.19. The van der Waals surface area contributed by atoms with Crippen LogP contribution in [0.25, 0.3) is 0 Å². The predicted molar refractivity (Wildman–Crippen MR) is 77.1 cm³/mol. The minimum absolute atomic E-state index is 0.596. The highest BCUT2D eigenvalue weighted by atomic mass is 35.5. The van der Waals surface area contributed by atoms with Crippen LogP contribution in [0.4, 0.5) is 0 Å². The monoisotopic (exact) mass is 273 g/mol. The van der Waals surface area contributed by atoms with Crippen LogP contribution in [0.3, 0.4) is 0 Å². The summed E-state index contributed by atoms with van der Waals surface area (Å²) in [4.78, 5) is 0. The Morgan fingerprint density at radius 2 is 1.82 bits per heavy atom. The van der Waals surface area contributed by atoms with Crippen LogP contribution in [-0.2, 0) is 6.42 Å². The Morgan fingerprint density at radius 1 is 1.18 bits per heavy atom. The first-order valence-electron chi connectivity index (χ1n) is 6.32. The SMILES string of the molecule is CCCNCC(CC)Cc1c(Cl)cccc1Cl. The smallest absolute Gasteiger partial charge is 0.0452 e. The molecule has 0 aliphatic heterocycles. The van der Waals surface area contributed by atoms with E-state index in [0.29, 0.717) is 5.92 Å². The molecule has 17 heavy (non-hydrogen) atoms. The molecular formula is C14H21Cl2N. The van der Waals surface area contributed by atoms with E-state index in [-0.39, 0.29) is 0 Å². The summed E-state index contributed by atoms with van der Waals surface area (Å²) in [5.41, 5.74) is 1.08. The second kappa shape index (κ2) is 7.97. The van der Waals surface area contributed by atoms with Gasteiger partial charge in [0.25, 0.3) is 0 Å². The molecular weight excluding hydrogens is 253 g/mol. The van der Waals surface area contributed by atoms with Gasteiger partial charge >= 0.3 is 0 Å². The lowest BCUT2D eigenvalue weighted by atomic mass is 9.96. The molecule has 3 heteroatoms. The van der Waals surface area contributed by atoms with Gasteiger partial charge in [0, 0.05) is 10.0 Å². The molecule has 0 spiro atoms. The molecule has 0 aliphatic carbocycles. The van der Waals surface area contributed by atoms with Crippen LogP contribution in [0.1, 0.15) is 32.3 Å². The van der Waals surface area contributed by atoms with Crippen molar-refractivity contribution in [3.05, 3.63) is 33.8 Å².